The highest BCUT2D eigenvalue weighted by atomic mass is 35.5. The summed E-state index contributed by atoms with van der Waals surface area (Å²) < 4.78 is 38.6. The topological polar surface area (TPSA) is 102 Å². The molecule has 0 spiro atoms. The zero-order valence-electron chi connectivity index (χ0n) is 19.7. The average Bonchev–Trinajstić information content (AvgIpc) is 2.82. The van der Waals surface area contributed by atoms with Gasteiger partial charge in [0.25, 0.3) is 5.91 Å². The average molecular weight is 521 g/mol. The second-order valence-corrected chi connectivity index (χ2v) is 11.3. The molecule has 1 amide bonds. The summed E-state index contributed by atoms with van der Waals surface area (Å²) in [5, 5.41) is 2.93. The number of esters is 1. The highest BCUT2D eigenvalue weighted by Crippen LogP contribution is 2.30. The third kappa shape index (κ3) is 5.86. The van der Waals surface area contributed by atoms with Gasteiger partial charge in [-0.1, -0.05) is 35.9 Å². The zero-order valence-corrected chi connectivity index (χ0v) is 21.3. The maximum absolute atomic E-state index is 13.2. The lowest BCUT2D eigenvalue weighted by Crippen LogP contribution is -2.48. The number of nitrogens with zero attached hydrogens (tertiary/aromatic N) is 1. The van der Waals surface area contributed by atoms with Gasteiger partial charge in [-0.3, -0.25) is 4.79 Å². The van der Waals surface area contributed by atoms with Crippen LogP contribution in [0.2, 0.25) is 5.02 Å². The zero-order chi connectivity index (χ0) is 25.2. The standard InChI is InChI=1S/C25H29ClN2O6S/c1-16-13-28(14-17(2)34-16)35(31,32)23-12-19(10-11-21(23)26)25(30)33-15-24(29)27-22-9-5-7-18-6-3-4-8-20(18)22/h3-4,6,8,10-12,16-17,22H,5,7,9,13-15H2,1-2H3,(H,27,29)/t16-,17-,22-/m1/s1. The predicted octanol–water partition coefficient (Wildman–Crippen LogP) is 3.49. The number of halogens is 1. The van der Waals surface area contributed by atoms with Crippen molar-refractivity contribution in [2.75, 3.05) is 19.7 Å². The molecule has 2 aliphatic rings. The number of ether oxygens (including phenoxy) is 2. The second kappa shape index (κ2) is 10.7. The molecule has 0 radical (unpaired) electrons. The Kier molecular flexibility index (Phi) is 7.80. The first-order chi connectivity index (χ1) is 16.6. The Morgan fingerprint density at radius 2 is 1.86 bits per heavy atom. The summed E-state index contributed by atoms with van der Waals surface area (Å²) in [7, 11) is -3.96. The molecule has 0 bridgehead atoms. The summed E-state index contributed by atoms with van der Waals surface area (Å²) in [5.41, 5.74) is 2.29. The van der Waals surface area contributed by atoms with Crippen molar-refractivity contribution in [3.63, 3.8) is 0 Å². The van der Waals surface area contributed by atoms with Gasteiger partial charge in [0.1, 0.15) is 4.90 Å². The monoisotopic (exact) mass is 520 g/mol. The minimum absolute atomic E-state index is 0.00172. The number of hydrogen-bond donors (Lipinski definition) is 1. The van der Waals surface area contributed by atoms with Crippen LogP contribution in [-0.4, -0.2) is 56.5 Å². The molecule has 0 aromatic heterocycles. The van der Waals surface area contributed by atoms with Crippen LogP contribution in [0.15, 0.2) is 47.4 Å². The molecule has 2 aromatic rings. The molecule has 0 unspecified atom stereocenters. The lowest BCUT2D eigenvalue weighted by atomic mass is 9.88. The van der Waals surface area contributed by atoms with E-state index in [-0.39, 0.29) is 46.8 Å². The van der Waals surface area contributed by atoms with Gasteiger partial charge < -0.3 is 14.8 Å². The summed E-state index contributed by atoms with van der Waals surface area (Å²) in [6.07, 6.45) is 2.21. The number of morpholine rings is 1. The minimum atomic E-state index is -3.96. The van der Waals surface area contributed by atoms with Crippen molar-refractivity contribution >= 4 is 33.5 Å². The summed E-state index contributed by atoms with van der Waals surface area (Å²) >= 11 is 6.20. The van der Waals surface area contributed by atoms with E-state index in [0.717, 1.165) is 24.8 Å². The van der Waals surface area contributed by atoms with E-state index in [4.69, 9.17) is 21.1 Å². The first kappa shape index (κ1) is 25.6. The summed E-state index contributed by atoms with van der Waals surface area (Å²) in [6, 6.07) is 11.8. The molecule has 3 atom stereocenters. The van der Waals surface area contributed by atoms with Crippen molar-refractivity contribution in [3.05, 3.63) is 64.2 Å². The van der Waals surface area contributed by atoms with Crippen LogP contribution in [0, 0.1) is 0 Å². The smallest absolute Gasteiger partial charge is 0.338 e. The Balaban J connectivity index is 1.41. The third-order valence-electron chi connectivity index (χ3n) is 6.21. The van der Waals surface area contributed by atoms with Crippen LogP contribution >= 0.6 is 11.6 Å². The molecule has 4 rings (SSSR count). The van der Waals surface area contributed by atoms with Crippen LogP contribution in [0.1, 0.15) is 54.2 Å². The van der Waals surface area contributed by atoms with Crippen molar-refractivity contribution in [1.82, 2.24) is 9.62 Å². The lowest BCUT2D eigenvalue weighted by Gasteiger charge is -2.34. The van der Waals surface area contributed by atoms with Gasteiger partial charge in [-0.25, -0.2) is 13.2 Å². The van der Waals surface area contributed by atoms with Gasteiger partial charge in [0.2, 0.25) is 10.0 Å². The minimum Gasteiger partial charge on any atom is -0.452 e. The van der Waals surface area contributed by atoms with Crippen LogP contribution in [-0.2, 0) is 30.7 Å². The maximum atomic E-state index is 13.2. The number of nitrogens with one attached hydrogen (secondary N) is 1. The SMILES string of the molecule is C[C@@H]1CN(S(=O)(=O)c2cc(C(=O)OCC(=O)N[C@@H]3CCCc4ccccc43)ccc2Cl)C[C@@H](C)O1. The van der Waals surface area contributed by atoms with Crippen LogP contribution < -0.4 is 5.32 Å². The third-order valence-corrected chi connectivity index (χ3v) is 8.52. The molecule has 1 aliphatic carbocycles. The van der Waals surface area contributed by atoms with Gasteiger partial charge in [0, 0.05) is 13.1 Å². The van der Waals surface area contributed by atoms with Crippen molar-refractivity contribution in [2.24, 2.45) is 0 Å². The fourth-order valence-electron chi connectivity index (χ4n) is 4.65. The van der Waals surface area contributed by atoms with Crippen molar-refractivity contribution in [3.8, 4) is 0 Å². The first-order valence-electron chi connectivity index (χ1n) is 11.6. The molecule has 1 heterocycles. The van der Waals surface area contributed by atoms with E-state index in [9.17, 15) is 18.0 Å². The van der Waals surface area contributed by atoms with Crippen molar-refractivity contribution in [1.29, 1.82) is 0 Å². The van der Waals surface area contributed by atoms with Gasteiger partial charge in [-0.05, 0) is 62.4 Å². The fourth-order valence-corrected chi connectivity index (χ4v) is 6.74. The van der Waals surface area contributed by atoms with Gasteiger partial charge in [0.15, 0.2) is 6.61 Å². The maximum Gasteiger partial charge on any atom is 0.338 e. The van der Waals surface area contributed by atoms with Crippen LogP contribution in [0.3, 0.4) is 0 Å². The molecular formula is C25H29ClN2O6S. The number of aryl methyl sites for hydroxylation is 1. The van der Waals surface area contributed by atoms with Gasteiger partial charge in [-0.2, -0.15) is 4.31 Å². The van der Waals surface area contributed by atoms with Crippen molar-refractivity contribution in [2.45, 2.75) is 56.3 Å². The Hall–Kier alpha value is -2.46. The number of carbonyl (C=O) groups is 2. The molecular weight excluding hydrogens is 492 g/mol. The Morgan fingerprint density at radius 3 is 2.60 bits per heavy atom. The van der Waals surface area contributed by atoms with Gasteiger partial charge >= 0.3 is 5.97 Å². The Labute approximate surface area is 210 Å². The number of carbonyl (C=O) groups excluding carboxylic acids is 2. The molecule has 2 aromatic carbocycles. The van der Waals surface area contributed by atoms with E-state index in [1.54, 1.807) is 13.8 Å². The van der Waals surface area contributed by atoms with Crippen LogP contribution in [0.4, 0.5) is 0 Å². The number of hydrogen-bond acceptors (Lipinski definition) is 6. The quantitative estimate of drug-likeness (QED) is 0.585. The molecule has 35 heavy (non-hydrogen) atoms. The Morgan fingerprint density at radius 1 is 1.14 bits per heavy atom. The van der Waals surface area contributed by atoms with E-state index in [1.807, 2.05) is 18.2 Å². The van der Waals surface area contributed by atoms with Gasteiger partial charge in [0.05, 0.1) is 28.8 Å². The number of amides is 1. The van der Waals surface area contributed by atoms with E-state index in [1.165, 1.54) is 28.1 Å². The molecule has 0 saturated carbocycles. The molecule has 8 nitrogen and oxygen atoms in total. The number of benzene rings is 2. The van der Waals surface area contributed by atoms with E-state index < -0.39 is 28.5 Å². The number of fused-ring (bicyclic) bond motifs is 1. The molecule has 10 heteroatoms. The van der Waals surface area contributed by atoms with Crippen LogP contribution in [0.5, 0.6) is 0 Å². The first-order valence-corrected chi connectivity index (χ1v) is 13.5. The fraction of sp³-hybridized carbons (Fsp3) is 0.440. The van der Waals surface area contributed by atoms with Gasteiger partial charge in [-0.15, -0.1) is 0 Å². The lowest BCUT2D eigenvalue weighted by molar-refractivity contribution is -0.125. The van der Waals surface area contributed by atoms with E-state index in [2.05, 4.69) is 11.4 Å². The summed E-state index contributed by atoms with van der Waals surface area (Å²) in [5.74, 6) is -1.22. The molecule has 1 N–H and O–H groups in total. The second-order valence-electron chi connectivity index (χ2n) is 9.01. The predicted molar refractivity (Wildman–Crippen MR) is 131 cm³/mol. The highest BCUT2D eigenvalue weighted by molar-refractivity contribution is 7.89. The molecule has 1 aliphatic heterocycles. The number of rotatable bonds is 6. The van der Waals surface area contributed by atoms with Crippen LogP contribution in [0.25, 0.3) is 0 Å². The highest BCUT2D eigenvalue weighted by Gasteiger charge is 2.34. The largest absolute Gasteiger partial charge is 0.452 e. The van der Waals surface area contributed by atoms with E-state index >= 15 is 0 Å². The summed E-state index contributed by atoms with van der Waals surface area (Å²) in [4.78, 5) is 24.9. The molecule has 188 valence electrons. The molecule has 1 fully saturated rings. The van der Waals surface area contributed by atoms with Crippen molar-refractivity contribution < 1.29 is 27.5 Å². The molecule has 1 saturated heterocycles. The normalized spacial score (nSPS) is 22.8. The number of sulfonamides is 1. The van der Waals surface area contributed by atoms with E-state index in [0.29, 0.717) is 0 Å². The summed E-state index contributed by atoms with van der Waals surface area (Å²) in [6.45, 7) is 3.49. The Bertz CT molecular complexity index is 1210.